The molecule has 0 aliphatic heterocycles. The topological polar surface area (TPSA) is 68.6 Å². The van der Waals surface area contributed by atoms with Gasteiger partial charge in [0.1, 0.15) is 0 Å². The molecule has 1 heterocycles. The van der Waals surface area contributed by atoms with Gasteiger partial charge in [-0.3, -0.25) is 9.88 Å². The van der Waals surface area contributed by atoms with Gasteiger partial charge in [-0.05, 0) is 25.1 Å². The first-order chi connectivity index (χ1) is 10.3. The Bertz CT molecular complexity index is 542. The molecule has 0 unspecified atom stereocenters. The number of nitrogens with zero attached hydrogens (tertiary/aromatic N) is 2. The first-order valence-corrected chi connectivity index (χ1v) is 7.36. The van der Waals surface area contributed by atoms with E-state index in [0.717, 1.165) is 36.1 Å². The zero-order valence-electron chi connectivity index (χ0n) is 12.2. The second-order valence-corrected chi connectivity index (χ2v) is 4.99. The Kier molecular flexibility index (Phi) is 6.40. The fourth-order valence-corrected chi connectivity index (χ4v) is 2.32. The number of benzene rings is 1. The van der Waals surface area contributed by atoms with Crippen molar-refractivity contribution in [3.8, 4) is 0 Å². The van der Waals surface area contributed by atoms with Crippen LogP contribution in [-0.2, 0) is 0 Å². The minimum Gasteiger partial charge on any atom is -0.395 e. The number of anilines is 1. The SMILES string of the molecule is OCCN(CCO)CCCNc1cnc2ccccc2c1. The third-order valence-corrected chi connectivity index (χ3v) is 3.40. The highest BCUT2D eigenvalue weighted by atomic mass is 16.3. The first-order valence-electron chi connectivity index (χ1n) is 7.36. The lowest BCUT2D eigenvalue weighted by molar-refractivity contribution is 0.161. The van der Waals surface area contributed by atoms with Gasteiger partial charge in [0.25, 0.3) is 0 Å². The van der Waals surface area contributed by atoms with E-state index in [4.69, 9.17) is 10.2 Å². The number of hydrogen-bond donors (Lipinski definition) is 3. The van der Waals surface area contributed by atoms with Crippen molar-refractivity contribution in [3.63, 3.8) is 0 Å². The highest BCUT2D eigenvalue weighted by Crippen LogP contribution is 2.15. The molecule has 0 atom stereocenters. The number of rotatable bonds is 9. The Morgan fingerprint density at radius 2 is 1.81 bits per heavy atom. The summed E-state index contributed by atoms with van der Waals surface area (Å²) in [6.45, 7) is 3.17. The van der Waals surface area contributed by atoms with Gasteiger partial charge in [0.05, 0.1) is 30.6 Å². The normalized spacial score (nSPS) is 11.2. The van der Waals surface area contributed by atoms with Crippen LogP contribution in [0, 0.1) is 0 Å². The predicted molar refractivity (Wildman–Crippen MR) is 85.5 cm³/mol. The maximum Gasteiger partial charge on any atom is 0.0703 e. The Morgan fingerprint density at radius 3 is 2.57 bits per heavy atom. The van der Waals surface area contributed by atoms with Crippen LogP contribution >= 0.6 is 0 Å². The molecule has 5 heteroatoms. The van der Waals surface area contributed by atoms with Crippen molar-refractivity contribution in [3.05, 3.63) is 36.5 Å². The molecule has 0 amide bonds. The van der Waals surface area contributed by atoms with Crippen molar-refractivity contribution in [1.29, 1.82) is 0 Å². The third kappa shape index (κ3) is 4.97. The Labute approximate surface area is 125 Å². The molecule has 0 fully saturated rings. The van der Waals surface area contributed by atoms with E-state index in [1.54, 1.807) is 0 Å². The van der Waals surface area contributed by atoms with E-state index in [1.807, 2.05) is 24.4 Å². The summed E-state index contributed by atoms with van der Waals surface area (Å²) in [6.07, 6.45) is 2.80. The molecule has 1 aromatic heterocycles. The minimum atomic E-state index is 0.127. The summed E-state index contributed by atoms with van der Waals surface area (Å²) < 4.78 is 0. The van der Waals surface area contributed by atoms with Crippen molar-refractivity contribution in [2.24, 2.45) is 0 Å². The lowest BCUT2D eigenvalue weighted by atomic mass is 10.2. The summed E-state index contributed by atoms with van der Waals surface area (Å²) in [5.41, 5.74) is 2.02. The van der Waals surface area contributed by atoms with Gasteiger partial charge in [-0.2, -0.15) is 0 Å². The van der Waals surface area contributed by atoms with Crippen molar-refractivity contribution >= 4 is 16.6 Å². The fraction of sp³-hybridized carbons (Fsp3) is 0.438. The van der Waals surface area contributed by atoms with Gasteiger partial charge in [0.2, 0.25) is 0 Å². The van der Waals surface area contributed by atoms with E-state index in [9.17, 15) is 0 Å². The zero-order valence-corrected chi connectivity index (χ0v) is 12.2. The van der Waals surface area contributed by atoms with E-state index in [1.165, 1.54) is 0 Å². The summed E-state index contributed by atoms with van der Waals surface area (Å²) in [5, 5.41) is 22.4. The van der Waals surface area contributed by atoms with E-state index in [0.29, 0.717) is 13.1 Å². The number of aliphatic hydroxyl groups excluding tert-OH is 2. The molecule has 0 radical (unpaired) electrons. The number of nitrogens with one attached hydrogen (secondary N) is 1. The smallest absolute Gasteiger partial charge is 0.0703 e. The molecule has 0 aliphatic carbocycles. The van der Waals surface area contributed by atoms with E-state index < -0.39 is 0 Å². The lowest BCUT2D eigenvalue weighted by Crippen LogP contribution is -2.31. The fourth-order valence-electron chi connectivity index (χ4n) is 2.32. The largest absolute Gasteiger partial charge is 0.395 e. The van der Waals surface area contributed by atoms with Crippen LogP contribution in [0.1, 0.15) is 6.42 Å². The van der Waals surface area contributed by atoms with Crippen LogP contribution in [0.3, 0.4) is 0 Å². The van der Waals surface area contributed by atoms with Gasteiger partial charge in [0, 0.05) is 25.0 Å². The molecule has 5 nitrogen and oxygen atoms in total. The van der Waals surface area contributed by atoms with Crippen LogP contribution in [0.4, 0.5) is 5.69 Å². The highest BCUT2D eigenvalue weighted by Gasteiger charge is 2.03. The second kappa shape index (κ2) is 8.56. The minimum absolute atomic E-state index is 0.127. The maximum atomic E-state index is 8.95. The van der Waals surface area contributed by atoms with Gasteiger partial charge < -0.3 is 15.5 Å². The van der Waals surface area contributed by atoms with Crippen LogP contribution in [0.2, 0.25) is 0 Å². The summed E-state index contributed by atoms with van der Waals surface area (Å²) in [7, 11) is 0. The number of aromatic nitrogens is 1. The predicted octanol–water partition coefficient (Wildman–Crippen LogP) is 1.32. The van der Waals surface area contributed by atoms with Gasteiger partial charge in [-0.25, -0.2) is 0 Å². The Balaban J connectivity index is 1.79. The summed E-state index contributed by atoms with van der Waals surface area (Å²) >= 11 is 0. The second-order valence-electron chi connectivity index (χ2n) is 4.99. The van der Waals surface area contributed by atoms with Crippen molar-refractivity contribution in [2.75, 3.05) is 44.7 Å². The standard InChI is InChI=1S/C16H23N3O2/c20-10-8-19(9-11-21)7-3-6-17-15-12-14-4-1-2-5-16(14)18-13-15/h1-2,4-5,12-13,17,20-21H,3,6-11H2. The van der Waals surface area contributed by atoms with Crippen LogP contribution in [0.25, 0.3) is 10.9 Å². The molecule has 1 aromatic carbocycles. The Morgan fingerprint density at radius 1 is 1.05 bits per heavy atom. The first kappa shape index (κ1) is 15.7. The molecule has 2 rings (SSSR count). The molecule has 21 heavy (non-hydrogen) atoms. The van der Waals surface area contributed by atoms with E-state index >= 15 is 0 Å². The van der Waals surface area contributed by atoms with Crippen LogP contribution in [0.5, 0.6) is 0 Å². The molecule has 2 aromatic rings. The lowest BCUT2D eigenvalue weighted by Gasteiger charge is -2.20. The Hall–Kier alpha value is -1.69. The maximum absolute atomic E-state index is 8.95. The average molecular weight is 289 g/mol. The number of pyridine rings is 1. The van der Waals surface area contributed by atoms with Gasteiger partial charge >= 0.3 is 0 Å². The molecule has 3 N–H and O–H groups in total. The number of aliphatic hydroxyl groups is 2. The molecular weight excluding hydrogens is 266 g/mol. The highest BCUT2D eigenvalue weighted by molar-refractivity contribution is 5.81. The number of hydrogen-bond acceptors (Lipinski definition) is 5. The van der Waals surface area contributed by atoms with Crippen molar-refractivity contribution < 1.29 is 10.2 Å². The zero-order chi connectivity index (χ0) is 14.9. The van der Waals surface area contributed by atoms with E-state index in [-0.39, 0.29) is 13.2 Å². The quantitative estimate of drug-likeness (QED) is 0.608. The van der Waals surface area contributed by atoms with Crippen LogP contribution in [0.15, 0.2) is 36.5 Å². The van der Waals surface area contributed by atoms with Gasteiger partial charge in [-0.1, -0.05) is 18.2 Å². The van der Waals surface area contributed by atoms with Crippen molar-refractivity contribution in [1.82, 2.24) is 9.88 Å². The third-order valence-electron chi connectivity index (χ3n) is 3.40. The molecule has 0 spiro atoms. The van der Waals surface area contributed by atoms with Gasteiger partial charge in [0.15, 0.2) is 0 Å². The molecular formula is C16H23N3O2. The van der Waals surface area contributed by atoms with Crippen LogP contribution < -0.4 is 5.32 Å². The van der Waals surface area contributed by atoms with Crippen LogP contribution in [-0.4, -0.2) is 59.5 Å². The average Bonchev–Trinajstić information content (AvgIpc) is 2.52. The monoisotopic (exact) mass is 289 g/mol. The molecule has 114 valence electrons. The summed E-state index contributed by atoms with van der Waals surface area (Å²) in [6, 6.07) is 10.1. The summed E-state index contributed by atoms with van der Waals surface area (Å²) in [4.78, 5) is 6.47. The molecule has 0 saturated carbocycles. The number of para-hydroxylation sites is 1. The summed E-state index contributed by atoms with van der Waals surface area (Å²) in [5.74, 6) is 0. The molecule has 0 bridgehead atoms. The van der Waals surface area contributed by atoms with Crippen molar-refractivity contribution in [2.45, 2.75) is 6.42 Å². The van der Waals surface area contributed by atoms with Gasteiger partial charge in [-0.15, -0.1) is 0 Å². The van der Waals surface area contributed by atoms with E-state index in [2.05, 4.69) is 27.3 Å². The molecule has 0 saturated heterocycles. The molecule has 0 aliphatic rings. The number of fused-ring (bicyclic) bond motifs is 1.